The van der Waals surface area contributed by atoms with Crippen molar-refractivity contribution in [3.05, 3.63) is 41.6 Å². The summed E-state index contributed by atoms with van der Waals surface area (Å²) in [4.78, 5) is 4.10. The average Bonchev–Trinajstić information content (AvgIpc) is 2.04. The highest BCUT2D eigenvalue weighted by molar-refractivity contribution is 6.31. The molecule has 0 unspecified atom stereocenters. The monoisotopic (exact) mass is 162 g/mol. The van der Waals surface area contributed by atoms with Crippen LogP contribution in [0.3, 0.4) is 0 Å². The largest absolute Gasteiger partial charge is 0.256 e. The van der Waals surface area contributed by atoms with E-state index in [9.17, 15) is 0 Å². The molecule has 2 rings (SSSR count). The lowest BCUT2D eigenvalue weighted by molar-refractivity contribution is 1.41. The summed E-state index contributed by atoms with van der Waals surface area (Å²) < 4.78 is 0. The number of hydrogen-bond acceptors (Lipinski definition) is 1. The third kappa shape index (κ3) is 1.19. The Balaban J connectivity index is 2.83. The Bertz CT molecular complexity index is 384. The van der Waals surface area contributed by atoms with E-state index in [-0.39, 0.29) is 0 Å². The van der Waals surface area contributed by atoms with Crippen LogP contribution in [0.1, 0.15) is 0 Å². The molecule has 0 aliphatic rings. The summed E-state index contributed by atoms with van der Waals surface area (Å²) in [6, 6.07) is 10.4. The first-order chi connectivity index (χ1) is 5.36. The maximum atomic E-state index is 5.77. The van der Waals surface area contributed by atoms with Crippen LogP contribution in [-0.2, 0) is 0 Å². The van der Waals surface area contributed by atoms with Gasteiger partial charge in [-0.25, -0.2) is 0 Å². The Hall–Kier alpha value is -1.08. The lowest BCUT2D eigenvalue weighted by Gasteiger charge is -1.94. The van der Waals surface area contributed by atoms with Gasteiger partial charge in [-0.15, -0.1) is 0 Å². The molecule has 1 radical (unpaired) electrons. The molecule has 2 aromatic rings. The van der Waals surface area contributed by atoms with Crippen molar-refractivity contribution in [3.63, 3.8) is 0 Å². The van der Waals surface area contributed by atoms with Gasteiger partial charge in [-0.1, -0.05) is 17.7 Å². The van der Waals surface area contributed by atoms with Gasteiger partial charge in [0.1, 0.15) is 0 Å². The maximum Gasteiger partial charge on any atom is 0.0717 e. The summed E-state index contributed by atoms with van der Waals surface area (Å²) in [5, 5.41) is 1.79. The summed E-state index contributed by atoms with van der Waals surface area (Å²) in [5.41, 5.74) is 0.913. The number of pyridine rings is 1. The van der Waals surface area contributed by atoms with Crippen molar-refractivity contribution in [3.8, 4) is 0 Å². The number of halogens is 1. The van der Waals surface area contributed by atoms with E-state index in [0.29, 0.717) is 0 Å². The predicted octanol–water partition coefficient (Wildman–Crippen LogP) is 2.69. The molecule has 0 aliphatic carbocycles. The van der Waals surface area contributed by atoms with Crippen molar-refractivity contribution in [2.24, 2.45) is 0 Å². The highest BCUT2D eigenvalue weighted by Gasteiger charge is 1.92. The Labute approximate surface area is 69.6 Å². The molecule has 2 heteroatoms. The fourth-order valence-corrected chi connectivity index (χ4v) is 1.15. The lowest BCUT2D eigenvalue weighted by Crippen LogP contribution is -1.75. The summed E-state index contributed by atoms with van der Waals surface area (Å²) in [6.45, 7) is 0. The molecule has 11 heavy (non-hydrogen) atoms. The third-order valence-corrected chi connectivity index (χ3v) is 1.74. The van der Waals surface area contributed by atoms with E-state index in [2.05, 4.69) is 11.1 Å². The molecular formula is C9H5ClN. The molecule has 0 spiro atoms. The van der Waals surface area contributed by atoms with Crippen LogP contribution in [0.25, 0.3) is 10.9 Å². The summed E-state index contributed by atoms with van der Waals surface area (Å²) in [7, 11) is 0. The molecule has 0 amide bonds. The molecule has 1 aromatic carbocycles. The standard InChI is InChI=1S/C9H5ClN/c10-8-4-3-7-2-1-5-11-9(7)6-8/h2-6H. The summed E-state index contributed by atoms with van der Waals surface area (Å²) in [6.07, 6.45) is 1.64. The highest BCUT2D eigenvalue weighted by Crippen LogP contribution is 2.15. The minimum atomic E-state index is 0.719. The molecule has 1 nitrogen and oxygen atoms in total. The fourth-order valence-electron chi connectivity index (χ4n) is 0.985. The zero-order chi connectivity index (χ0) is 7.68. The van der Waals surface area contributed by atoms with Crippen molar-refractivity contribution in [1.82, 2.24) is 4.98 Å². The Morgan fingerprint density at radius 3 is 3.18 bits per heavy atom. The second kappa shape index (κ2) is 2.51. The molecule has 0 fully saturated rings. The number of benzene rings is 1. The van der Waals surface area contributed by atoms with Gasteiger partial charge in [0.15, 0.2) is 0 Å². The summed E-state index contributed by atoms with van der Waals surface area (Å²) in [5.74, 6) is 0. The van der Waals surface area contributed by atoms with E-state index in [0.717, 1.165) is 15.9 Å². The van der Waals surface area contributed by atoms with Crippen molar-refractivity contribution >= 4 is 22.5 Å². The molecule has 0 saturated heterocycles. The molecule has 0 aliphatic heterocycles. The third-order valence-electron chi connectivity index (χ3n) is 1.51. The van der Waals surface area contributed by atoms with Gasteiger partial charge in [0.2, 0.25) is 0 Å². The van der Waals surface area contributed by atoms with Gasteiger partial charge in [0, 0.05) is 22.7 Å². The number of nitrogens with zero attached hydrogens (tertiary/aromatic N) is 1. The van der Waals surface area contributed by atoms with Crippen LogP contribution in [0.15, 0.2) is 30.5 Å². The van der Waals surface area contributed by atoms with E-state index in [1.807, 2.05) is 24.3 Å². The van der Waals surface area contributed by atoms with Crippen molar-refractivity contribution < 1.29 is 0 Å². The Morgan fingerprint density at radius 2 is 2.27 bits per heavy atom. The van der Waals surface area contributed by atoms with Gasteiger partial charge in [-0.3, -0.25) is 4.98 Å². The quantitative estimate of drug-likeness (QED) is 0.581. The Kier molecular flexibility index (Phi) is 1.51. The number of fused-ring (bicyclic) bond motifs is 1. The predicted molar refractivity (Wildman–Crippen MR) is 45.6 cm³/mol. The number of hydrogen-bond donors (Lipinski definition) is 0. The van der Waals surface area contributed by atoms with Crippen LogP contribution in [0.4, 0.5) is 0 Å². The van der Waals surface area contributed by atoms with Crippen LogP contribution >= 0.6 is 11.6 Å². The topological polar surface area (TPSA) is 12.9 Å². The van der Waals surface area contributed by atoms with Crippen LogP contribution in [0.2, 0.25) is 5.02 Å². The molecule has 0 bridgehead atoms. The molecular weight excluding hydrogens is 158 g/mol. The van der Waals surface area contributed by atoms with E-state index in [1.54, 1.807) is 6.20 Å². The van der Waals surface area contributed by atoms with Gasteiger partial charge in [0.05, 0.1) is 5.52 Å². The van der Waals surface area contributed by atoms with Crippen molar-refractivity contribution in [1.29, 1.82) is 0 Å². The van der Waals surface area contributed by atoms with Gasteiger partial charge in [0.25, 0.3) is 0 Å². The normalized spacial score (nSPS) is 10.3. The average molecular weight is 163 g/mol. The van der Waals surface area contributed by atoms with E-state index < -0.39 is 0 Å². The molecule has 0 N–H and O–H groups in total. The minimum absolute atomic E-state index is 0.719. The SMILES string of the molecule is Clc1ccc2c[c]cnc2c1. The van der Waals surface area contributed by atoms with Crippen LogP contribution < -0.4 is 0 Å². The van der Waals surface area contributed by atoms with Gasteiger partial charge in [-0.2, -0.15) is 0 Å². The van der Waals surface area contributed by atoms with E-state index in [4.69, 9.17) is 11.6 Å². The highest BCUT2D eigenvalue weighted by atomic mass is 35.5. The van der Waals surface area contributed by atoms with Crippen molar-refractivity contribution in [2.75, 3.05) is 0 Å². The van der Waals surface area contributed by atoms with Gasteiger partial charge < -0.3 is 0 Å². The molecule has 0 atom stereocenters. The van der Waals surface area contributed by atoms with E-state index >= 15 is 0 Å². The second-order valence-electron chi connectivity index (χ2n) is 2.27. The zero-order valence-electron chi connectivity index (χ0n) is 5.71. The second-order valence-corrected chi connectivity index (χ2v) is 2.71. The first-order valence-electron chi connectivity index (χ1n) is 3.27. The van der Waals surface area contributed by atoms with Gasteiger partial charge in [-0.05, 0) is 18.2 Å². The van der Waals surface area contributed by atoms with Crippen LogP contribution in [0.5, 0.6) is 0 Å². The minimum Gasteiger partial charge on any atom is -0.256 e. The molecule has 1 aromatic heterocycles. The fraction of sp³-hybridized carbons (Fsp3) is 0. The molecule has 0 saturated carbocycles. The van der Waals surface area contributed by atoms with Crippen LogP contribution in [0, 0.1) is 6.07 Å². The van der Waals surface area contributed by atoms with E-state index in [1.165, 1.54) is 0 Å². The first kappa shape index (κ1) is 6.62. The summed E-state index contributed by atoms with van der Waals surface area (Å²) >= 11 is 5.77. The number of aromatic nitrogens is 1. The lowest BCUT2D eigenvalue weighted by atomic mass is 10.2. The Morgan fingerprint density at radius 1 is 1.36 bits per heavy atom. The number of rotatable bonds is 0. The first-order valence-corrected chi connectivity index (χ1v) is 3.65. The van der Waals surface area contributed by atoms with Gasteiger partial charge >= 0.3 is 0 Å². The maximum absolute atomic E-state index is 5.77. The van der Waals surface area contributed by atoms with Crippen LogP contribution in [-0.4, -0.2) is 4.98 Å². The van der Waals surface area contributed by atoms with Crippen molar-refractivity contribution in [2.45, 2.75) is 0 Å². The zero-order valence-corrected chi connectivity index (χ0v) is 6.47. The smallest absolute Gasteiger partial charge is 0.0717 e. The molecule has 53 valence electrons. The molecule has 1 heterocycles.